The summed E-state index contributed by atoms with van der Waals surface area (Å²) in [5.41, 5.74) is 4.93. The molecule has 9 nitrogen and oxygen atoms in total. The van der Waals surface area contributed by atoms with Crippen molar-refractivity contribution in [3.63, 3.8) is 0 Å². The molecule has 0 unspecified atom stereocenters. The Morgan fingerprint density at radius 3 is 2.78 bits per heavy atom. The van der Waals surface area contributed by atoms with Crippen molar-refractivity contribution in [1.82, 2.24) is 20.3 Å². The van der Waals surface area contributed by atoms with Crippen LogP contribution in [0.2, 0.25) is 0 Å². The second kappa shape index (κ2) is 9.73. The van der Waals surface area contributed by atoms with E-state index >= 15 is 0 Å². The van der Waals surface area contributed by atoms with Crippen molar-refractivity contribution in [2.45, 2.75) is 45.1 Å². The van der Waals surface area contributed by atoms with E-state index in [1.54, 1.807) is 19.4 Å². The predicted octanol–water partition coefficient (Wildman–Crippen LogP) is 4.21. The Morgan fingerprint density at radius 2 is 2.00 bits per heavy atom. The molecule has 0 atom stereocenters. The number of aromatic nitrogens is 3. The predicted molar refractivity (Wildman–Crippen MR) is 139 cm³/mol. The number of pyridine rings is 1. The van der Waals surface area contributed by atoms with Gasteiger partial charge in [-0.15, -0.1) is 0 Å². The van der Waals surface area contributed by atoms with Gasteiger partial charge in [0.2, 0.25) is 5.95 Å². The number of rotatable bonds is 6. The summed E-state index contributed by atoms with van der Waals surface area (Å²) in [7, 11) is 1.59. The maximum Gasteiger partial charge on any atom is 0.251 e. The molecule has 36 heavy (non-hydrogen) atoms. The lowest BCUT2D eigenvalue weighted by atomic mass is 9.87. The number of carbonyl (C=O) groups excluding carboxylic acids is 1. The fourth-order valence-electron chi connectivity index (χ4n) is 4.64. The Hall–Kier alpha value is -3.72. The van der Waals surface area contributed by atoms with Crippen LogP contribution in [0.15, 0.2) is 36.7 Å². The zero-order chi connectivity index (χ0) is 25.3. The second-order valence-electron chi connectivity index (χ2n) is 9.96. The number of hydrogen-bond acceptors (Lipinski definition) is 8. The molecule has 0 spiro atoms. The number of nitrogens with one attached hydrogen (secondary N) is 3. The van der Waals surface area contributed by atoms with E-state index in [0.29, 0.717) is 36.2 Å². The monoisotopic (exact) mass is 488 g/mol. The molecule has 9 heteroatoms. The lowest BCUT2D eigenvalue weighted by molar-refractivity contribution is 0.0696. The van der Waals surface area contributed by atoms with Crippen LogP contribution in [-0.4, -0.2) is 53.8 Å². The summed E-state index contributed by atoms with van der Waals surface area (Å²) in [5, 5.41) is 9.78. The fraction of sp³-hybridized carbons (Fsp3) is 0.407. The van der Waals surface area contributed by atoms with Crippen LogP contribution in [0.1, 0.15) is 48.2 Å². The van der Waals surface area contributed by atoms with E-state index < -0.39 is 0 Å². The van der Waals surface area contributed by atoms with E-state index in [1.807, 2.05) is 25.3 Å². The van der Waals surface area contributed by atoms with Gasteiger partial charge in [0.25, 0.3) is 5.91 Å². The fourth-order valence-corrected chi connectivity index (χ4v) is 4.64. The van der Waals surface area contributed by atoms with Crippen molar-refractivity contribution in [3.05, 3.63) is 53.3 Å². The average molecular weight is 489 g/mol. The number of hydrogen-bond donors (Lipinski definition) is 3. The molecule has 0 saturated carbocycles. The highest BCUT2D eigenvalue weighted by molar-refractivity contribution is 5.98. The molecule has 3 aromatic rings. The van der Waals surface area contributed by atoms with E-state index in [4.69, 9.17) is 14.5 Å². The molecule has 0 aliphatic carbocycles. The maximum absolute atomic E-state index is 13.1. The van der Waals surface area contributed by atoms with Gasteiger partial charge in [-0.3, -0.25) is 4.79 Å². The number of nitrogens with zero attached hydrogens (tertiary/aromatic N) is 3. The highest BCUT2D eigenvalue weighted by Gasteiger charge is 2.31. The first-order chi connectivity index (χ1) is 17.3. The topological polar surface area (TPSA) is 110 Å². The Balaban J connectivity index is 1.41. The van der Waals surface area contributed by atoms with Gasteiger partial charge < -0.3 is 25.4 Å². The smallest absolute Gasteiger partial charge is 0.251 e. The zero-order valence-electron chi connectivity index (χ0n) is 21.1. The molecule has 2 aliphatic heterocycles. The van der Waals surface area contributed by atoms with Gasteiger partial charge in [-0.2, -0.15) is 0 Å². The van der Waals surface area contributed by atoms with Crippen molar-refractivity contribution in [1.29, 1.82) is 0 Å². The molecular formula is C27H32N6O3. The normalized spacial score (nSPS) is 16.7. The molecule has 1 amide bonds. The number of anilines is 3. The third-order valence-corrected chi connectivity index (χ3v) is 6.93. The van der Waals surface area contributed by atoms with E-state index in [9.17, 15) is 4.79 Å². The summed E-state index contributed by atoms with van der Waals surface area (Å²) in [6.45, 7) is 8.49. The Labute approximate surface area is 211 Å². The SMILES string of the molecule is COc1cc(Nc2nccc(-c3cnc4c(c3)C(C)(C)CN4)n2)c(C)c(C(=O)NC2CCOCC2)c1. The molecule has 1 aromatic carbocycles. The van der Waals surface area contributed by atoms with E-state index in [2.05, 4.69) is 45.8 Å². The second-order valence-corrected chi connectivity index (χ2v) is 9.96. The number of benzene rings is 1. The van der Waals surface area contributed by atoms with Gasteiger partial charge in [0.1, 0.15) is 11.6 Å². The van der Waals surface area contributed by atoms with Gasteiger partial charge >= 0.3 is 0 Å². The first kappa shape index (κ1) is 24.0. The van der Waals surface area contributed by atoms with Gasteiger partial charge in [0.15, 0.2) is 0 Å². The summed E-state index contributed by atoms with van der Waals surface area (Å²) in [6, 6.07) is 7.73. The van der Waals surface area contributed by atoms with Crippen molar-refractivity contribution in [2.75, 3.05) is 37.5 Å². The summed E-state index contributed by atoms with van der Waals surface area (Å²) in [4.78, 5) is 26.9. The quantitative estimate of drug-likeness (QED) is 0.473. The van der Waals surface area contributed by atoms with Crippen LogP contribution in [-0.2, 0) is 10.2 Å². The van der Waals surface area contributed by atoms with Crippen LogP contribution in [0, 0.1) is 6.92 Å². The largest absolute Gasteiger partial charge is 0.497 e. The number of fused-ring (bicyclic) bond motifs is 1. The van der Waals surface area contributed by atoms with Crippen LogP contribution < -0.4 is 20.7 Å². The Morgan fingerprint density at radius 1 is 1.19 bits per heavy atom. The number of ether oxygens (including phenoxy) is 2. The number of methoxy groups -OCH3 is 1. The number of amides is 1. The summed E-state index contributed by atoms with van der Waals surface area (Å²) < 4.78 is 10.9. The molecule has 188 valence electrons. The van der Waals surface area contributed by atoms with Crippen molar-refractivity contribution < 1.29 is 14.3 Å². The maximum atomic E-state index is 13.1. The van der Waals surface area contributed by atoms with Gasteiger partial charge in [0, 0.05) is 72.1 Å². The standard InChI is InChI=1S/C27H32N6O3/c1-16-20(25(34)31-18-6-9-36-10-7-18)12-19(35-4)13-23(16)33-26-28-8-5-22(32-26)17-11-21-24(29-14-17)30-15-27(21,2)3/h5,8,11-14,18H,6-7,9-10,15H2,1-4H3,(H,29,30)(H,31,34)(H,28,32,33). The van der Waals surface area contributed by atoms with E-state index in [0.717, 1.165) is 42.0 Å². The first-order valence-electron chi connectivity index (χ1n) is 12.3. The molecule has 1 saturated heterocycles. The lowest BCUT2D eigenvalue weighted by Gasteiger charge is -2.24. The molecule has 1 fully saturated rings. The minimum Gasteiger partial charge on any atom is -0.497 e. The molecule has 0 bridgehead atoms. The molecule has 0 radical (unpaired) electrons. The number of carbonyl (C=O) groups is 1. The highest BCUT2D eigenvalue weighted by Crippen LogP contribution is 2.37. The van der Waals surface area contributed by atoms with Gasteiger partial charge in [-0.25, -0.2) is 15.0 Å². The van der Waals surface area contributed by atoms with E-state index in [-0.39, 0.29) is 17.4 Å². The summed E-state index contributed by atoms with van der Waals surface area (Å²) in [5.74, 6) is 1.80. The Bertz CT molecular complexity index is 1290. The van der Waals surface area contributed by atoms with Gasteiger partial charge in [-0.1, -0.05) is 13.8 Å². The van der Waals surface area contributed by atoms with Crippen LogP contribution in [0.5, 0.6) is 5.75 Å². The third kappa shape index (κ3) is 4.83. The summed E-state index contributed by atoms with van der Waals surface area (Å²) >= 11 is 0. The molecule has 5 rings (SSSR count). The minimum absolute atomic E-state index is 0.00574. The minimum atomic E-state index is -0.128. The van der Waals surface area contributed by atoms with Crippen LogP contribution in [0.25, 0.3) is 11.3 Å². The van der Waals surface area contributed by atoms with Crippen molar-refractivity contribution in [3.8, 4) is 17.0 Å². The average Bonchev–Trinajstić information content (AvgIpc) is 3.19. The third-order valence-electron chi connectivity index (χ3n) is 6.93. The van der Waals surface area contributed by atoms with Crippen molar-refractivity contribution in [2.24, 2.45) is 0 Å². The van der Waals surface area contributed by atoms with Crippen molar-refractivity contribution >= 4 is 23.4 Å². The van der Waals surface area contributed by atoms with Crippen LogP contribution in [0.4, 0.5) is 17.5 Å². The van der Waals surface area contributed by atoms with Crippen LogP contribution in [0.3, 0.4) is 0 Å². The lowest BCUT2D eigenvalue weighted by Crippen LogP contribution is -2.39. The Kier molecular flexibility index (Phi) is 6.49. The molecular weight excluding hydrogens is 456 g/mol. The highest BCUT2D eigenvalue weighted by atomic mass is 16.5. The van der Waals surface area contributed by atoms with E-state index in [1.165, 1.54) is 5.56 Å². The zero-order valence-corrected chi connectivity index (χ0v) is 21.1. The van der Waals surface area contributed by atoms with Gasteiger partial charge in [0.05, 0.1) is 12.8 Å². The molecule has 2 aromatic heterocycles. The molecule has 2 aliphatic rings. The molecule has 4 heterocycles. The molecule has 3 N–H and O–H groups in total. The van der Waals surface area contributed by atoms with Crippen LogP contribution >= 0.6 is 0 Å². The summed E-state index contributed by atoms with van der Waals surface area (Å²) in [6.07, 6.45) is 5.17. The first-order valence-corrected chi connectivity index (χ1v) is 12.3. The van der Waals surface area contributed by atoms with Gasteiger partial charge in [-0.05, 0) is 43.5 Å².